The van der Waals surface area contributed by atoms with E-state index in [0.717, 1.165) is 31.7 Å². The van der Waals surface area contributed by atoms with Gasteiger partial charge in [-0.25, -0.2) is 4.39 Å². The van der Waals surface area contributed by atoms with E-state index in [1.165, 1.54) is 21.9 Å². The van der Waals surface area contributed by atoms with Crippen LogP contribution in [0.3, 0.4) is 0 Å². The van der Waals surface area contributed by atoms with Crippen LogP contribution in [0.2, 0.25) is 5.02 Å². The molecule has 1 aliphatic heterocycles. The van der Waals surface area contributed by atoms with Crippen LogP contribution in [-0.2, 0) is 16.1 Å². The fraction of sp³-hybridized carbons (Fsp3) is 0.333. The van der Waals surface area contributed by atoms with E-state index in [9.17, 15) is 14.0 Å². The number of benzene rings is 2. The van der Waals surface area contributed by atoms with Gasteiger partial charge in [0.1, 0.15) is 32.0 Å². The number of hydrogen-bond donors (Lipinski definition) is 4. The lowest BCUT2D eigenvalue weighted by Crippen LogP contribution is -3.28. The molecule has 0 atom stereocenters. The highest BCUT2D eigenvalue weighted by atomic mass is 35.5. The maximum atomic E-state index is 12.9. The quantitative estimate of drug-likeness (QED) is 0.489. The lowest BCUT2D eigenvalue weighted by atomic mass is 10.2. The van der Waals surface area contributed by atoms with Crippen molar-refractivity contribution >= 4 is 29.1 Å². The minimum Gasteiger partial charge on any atom is -0.347 e. The minimum absolute atomic E-state index is 0.00239. The summed E-state index contributed by atoms with van der Waals surface area (Å²) in [4.78, 5) is 26.8. The summed E-state index contributed by atoms with van der Waals surface area (Å²) in [6.45, 7) is 4.51. The molecule has 154 valence electrons. The van der Waals surface area contributed by atoms with Gasteiger partial charge in [-0.1, -0.05) is 29.8 Å². The zero-order valence-electron chi connectivity index (χ0n) is 16.1. The van der Waals surface area contributed by atoms with Crippen molar-refractivity contribution in [2.24, 2.45) is 0 Å². The highest BCUT2D eigenvalue weighted by Crippen LogP contribution is 2.14. The Morgan fingerprint density at radius 3 is 2.10 bits per heavy atom. The molecule has 0 unspecified atom stereocenters. The fourth-order valence-electron chi connectivity index (χ4n) is 3.40. The molecule has 3 rings (SSSR count). The topological polar surface area (TPSA) is 67.1 Å². The summed E-state index contributed by atoms with van der Waals surface area (Å²) in [6.07, 6.45) is 0. The smallest absolute Gasteiger partial charge is 0.279 e. The van der Waals surface area contributed by atoms with Crippen LogP contribution >= 0.6 is 11.6 Å². The number of halogens is 2. The summed E-state index contributed by atoms with van der Waals surface area (Å²) in [5, 5.41) is 6.36. The normalized spacial score (nSPS) is 18.8. The van der Waals surface area contributed by atoms with Crippen LogP contribution in [0.25, 0.3) is 0 Å². The largest absolute Gasteiger partial charge is 0.347 e. The van der Waals surface area contributed by atoms with Crippen molar-refractivity contribution in [2.45, 2.75) is 6.54 Å². The third-order valence-corrected chi connectivity index (χ3v) is 5.42. The number of hydrogen-bond acceptors (Lipinski definition) is 2. The van der Waals surface area contributed by atoms with Crippen molar-refractivity contribution in [1.29, 1.82) is 0 Å². The van der Waals surface area contributed by atoms with E-state index in [-0.39, 0.29) is 17.6 Å². The van der Waals surface area contributed by atoms with E-state index in [0.29, 0.717) is 30.3 Å². The van der Waals surface area contributed by atoms with Crippen molar-refractivity contribution in [1.82, 2.24) is 5.32 Å². The Hall–Kier alpha value is -2.48. The first-order valence-corrected chi connectivity index (χ1v) is 10.1. The van der Waals surface area contributed by atoms with Crippen LogP contribution in [0.1, 0.15) is 5.56 Å². The molecular formula is C21H26ClFN4O2+2. The molecule has 0 bridgehead atoms. The van der Waals surface area contributed by atoms with E-state index >= 15 is 0 Å². The molecule has 2 aromatic carbocycles. The van der Waals surface area contributed by atoms with Crippen molar-refractivity contribution in [2.75, 3.05) is 44.6 Å². The molecule has 1 saturated heterocycles. The van der Waals surface area contributed by atoms with Crippen molar-refractivity contribution in [3.8, 4) is 0 Å². The monoisotopic (exact) mass is 420 g/mol. The van der Waals surface area contributed by atoms with Crippen LogP contribution in [0.15, 0.2) is 48.5 Å². The maximum absolute atomic E-state index is 12.9. The third-order valence-electron chi connectivity index (χ3n) is 5.05. The Bertz CT molecular complexity index is 839. The van der Waals surface area contributed by atoms with Gasteiger partial charge in [0, 0.05) is 17.3 Å². The molecule has 0 aromatic heterocycles. The average molecular weight is 421 g/mol. The van der Waals surface area contributed by atoms with Crippen LogP contribution in [0.4, 0.5) is 10.1 Å². The number of nitrogens with one attached hydrogen (secondary N) is 4. The molecule has 4 N–H and O–H groups in total. The van der Waals surface area contributed by atoms with E-state index in [1.54, 1.807) is 12.1 Å². The molecule has 1 heterocycles. The van der Waals surface area contributed by atoms with Gasteiger partial charge < -0.3 is 20.4 Å². The average Bonchev–Trinajstić information content (AvgIpc) is 2.70. The maximum Gasteiger partial charge on any atom is 0.279 e. The second-order valence-electron chi connectivity index (χ2n) is 7.28. The second kappa shape index (κ2) is 10.3. The lowest BCUT2D eigenvalue weighted by molar-refractivity contribution is -1.00. The van der Waals surface area contributed by atoms with E-state index in [4.69, 9.17) is 11.6 Å². The predicted octanol–water partition coefficient (Wildman–Crippen LogP) is -0.483. The number of rotatable bonds is 7. The number of carbonyl (C=O) groups is 2. The summed E-state index contributed by atoms with van der Waals surface area (Å²) in [5.41, 5.74) is 1.49. The van der Waals surface area contributed by atoms with Gasteiger partial charge in [0.15, 0.2) is 13.1 Å². The Morgan fingerprint density at radius 2 is 1.48 bits per heavy atom. The number of carbonyl (C=O) groups excluding carboxylic acids is 2. The van der Waals surface area contributed by atoms with Crippen LogP contribution in [0, 0.1) is 5.82 Å². The van der Waals surface area contributed by atoms with Gasteiger partial charge in [-0.05, 0) is 35.9 Å². The Balaban J connectivity index is 1.35. The highest BCUT2D eigenvalue weighted by Gasteiger charge is 2.26. The van der Waals surface area contributed by atoms with E-state index in [2.05, 4.69) is 10.6 Å². The summed E-state index contributed by atoms with van der Waals surface area (Å²) in [5.74, 6) is -0.423. The van der Waals surface area contributed by atoms with Crippen molar-refractivity contribution in [3.63, 3.8) is 0 Å². The molecule has 1 fully saturated rings. The van der Waals surface area contributed by atoms with Gasteiger partial charge in [-0.15, -0.1) is 0 Å². The van der Waals surface area contributed by atoms with E-state index < -0.39 is 0 Å². The molecule has 2 amide bonds. The van der Waals surface area contributed by atoms with Gasteiger partial charge in [0.2, 0.25) is 0 Å². The Kier molecular flexibility index (Phi) is 7.57. The molecule has 0 aliphatic carbocycles. The zero-order valence-corrected chi connectivity index (χ0v) is 16.9. The molecule has 29 heavy (non-hydrogen) atoms. The van der Waals surface area contributed by atoms with Crippen LogP contribution in [-0.4, -0.2) is 51.1 Å². The van der Waals surface area contributed by atoms with Gasteiger partial charge in [-0.2, -0.15) is 0 Å². The standard InChI is InChI=1S/C21H24ClFN4O2/c22-19-4-2-1-3-16(19)13-24-20(28)14-26-9-11-27(12-10-26)15-21(29)25-18-7-5-17(23)6-8-18/h1-8H,9-15H2,(H,24,28)(H,25,29)/p+2. The first-order valence-electron chi connectivity index (χ1n) is 9.72. The summed E-state index contributed by atoms with van der Waals surface area (Å²) in [7, 11) is 0. The third kappa shape index (κ3) is 6.81. The zero-order chi connectivity index (χ0) is 20.6. The predicted molar refractivity (Wildman–Crippen MR) is 109 cm³/mol. The molecule has 0 radical (unpaired) electrons. The molecule has 1 aliphatic rings. The lowest BCUT2D eigenvalue weighted by Gasteiger charge is -2.29. The Labute approximate surface area is 174 Å². The number of piperazine rings is 1. The van der Waals surface area contributed by atoms with E-state index in [1.807, 2.05) is 24.3 Å². The highest BCUT2D eigenvalue weighted by molar-refractivity contribution is 6.31. The minimum atomic E-state index is -0.330. The molecular weight excluding hydrogens is 395 g/mol. The van der Waals surface area contributed by atoms with Gasteiger partial charge in [-0.3, -0.25) is 9.59 Å². The summed E-state index contributed by atoms with van der Waals surface area (Å²) >= 11 is 6.11. The summed E-state index contributed by atoms with van der Waals surface area (Å²) < 4.78 is 12.9. The van der Waals surface area contributed by atoms with Crippen molar-refractivity contribution in [3.05, 3.63) is 64.9 Å². The van der Waals surface area contributed by atoms with Crippen LogP contribution in [0.5, 0.6) is 0 Å². The molecule has 0 saturated carbocycles. The second-order valence-corrected chi connectivity index (χ2v) is 7.68. The number of amides is 2. The number of quaternary nitrogens is 2. The molecule has 8 heteroatoms. The van der Waals surface area contributed by atoms with Gasteiger partial charge in [0.05, 0.1) is 0 Å². The molecule has 2 aromatic rings. The first kappa shape index (κ1) is 21.2. The van der Waals surface area contributed by atoms with Crippen LogP contribution < -0.4 is 20.4 Å². The van der Waals surface area contributed by atoms with Crippen molar-refractivity contribution < 1.29 is 23.8 Å². The molecule has 0 spiro atoms. The SMILES string of the molecule is O=C(C[NH+]1CC[NH+](CC(=O)Nc2ccc(F)cc2)CC1)NCc1ccccc1Cl. The van der Waals surface area contributed by atoms with Gasteiger partial charge in [0.25, 0.3) is 11.8 Å². The number of anilines is 1. The van der Waals surface area contributed by atoms with Gasteiger partial charge >= 0.3 is 0 Å². The molecule has 6 nitrogen and oxygen atoms in total. The first-order chi connectivity index (χ1) is 14.0. The fourth-order valence-corrected chi connectivity index (χ4v) is 3.60. The Morgan fingerprint density at radius 1 is 0.897 bits per heavy atom. The summed E-state index contributed by atoms with van der Waals surface area (Å²) in [6, 6.07) is 13.2.